The number of carbonyl (C=O) groups excluding carboxylic acids is 1. The Balaban J connectivity index is 2.47. The second kappa shape index (κ2) is 4.97. The Kier molecular flexibility index (Phi) is 3.39. The summed E-state index contributed by atoms with van der Waals surface area (Å²) in [7, 11) is 0. The molecule has 0 saturated heterocycles. The number of para-hydroxylation sites is 1. The molecule has 2 aromatic rings. The molecule has 0 unspecified atom stereocenters. The van der Waals surface area contributed by atoms with E-state index in [9.17, 15) is 4.79 Å². The maximum absolute atomic E-state index is 10.9. The van der Waals surface area contributed by atoms with E-state index in [0.717, 1.165) is 17.5 Å². The summed E-state index contributed by atoms with van der Waals surface area (Å²) in [5, 5.41) is 0. The lowest BCUT2D eigenvalue weighted by Gasteiger charge is -2.19. The van der Waals surface area contributed by atoms with E-state index < -0.39 is 0 Å². The number of benzene rings is 1. The molecule has 1 aromatic carbocycles. The molecular formula is C12H11N3OS. The van der Waals surface area contributed by atoms with Crippen LogP contribution in [0.2, 0.25) is 0 Å². The number of hydrogen-bond acceptors (Lipinski definition) is 5. The molecule has 0 saturated carbocycles. The first-order valence-electron chi connectivity index (χ1n) is 5.04. The lowest BCUT2D eigenvalue weighted by atomic mass is 10.2. The number of thiol groups is 1. The Morgan fingerprint density at radius 1 is 1.35 bits per heavy atom. The highest BCUT2D eigenvalue weighted by molar-refractivity contribution is 7.82. The molecule has 4 nitrogen and oxygen atoms in total. The number of aldehydes is 1. The average Bonchev–Trinajstić information content (AvgIpc) is 2.38. The Morgan fingerprint density at radius 2 is 2.12 bits per heavy atom. The van der Waals surface area contributed by atoms with Gasteiger partial charge in [-0.25, -0.2) is 9.97 Å². The van der Waals surface area contributed by atoms with Gasteiger partial charge in [-0.2, -0.15) is 0 Å². The predicted octanol–water partition coefficient (Wildman–Crippen LogP) is 2.58. The first kappa shape index (κ1) is 11.6. The lowest BCUT2D eigenvalue weighted by Crippen LogP contribution is -2.09. The number of nitrogens with zero attached hydrogens (tertiary/aromatic N) is 3. The molecule has 0 aliphatic carbocycles. The number of anilines is 2. The Morgan fingerprint density at radius 3 is 2.82 bits per heavy atom. The first-order valence-corrected chi connectivity index (χ1v) is 5.44. The van der Waals surface area contributed by atoms with E-state index in [1.165, 1.54) is 12.5 Å². The molecule has 0 radical (unpaired) electrons. The highest BCUT2D eigenvalue weighted by Crippen LogP contribution is 2.29. The zero-order valence-corrected chi connectivity index (χ0v) is 10.1. The minimum absolute atomic E-state index is 0.408. The van der Waals surface area contributed by atoms with Crippen LogP contribution in [0.5, 0.6) is 0 Å². The van der Waals surface area contributed by atoms with Crippen molar-refractivity contribution in [2.24, 2.45) is 0 Å². The van der Waals surface area contributed by atoms with E-state index in [-0.39, 0.29) is 0 Å². The number of rotatable bonds is 3. The van der Waals surface area contributed by atoms with Crippen LogP contribution in [0.25, 0.3) is 0 Å². The highest BCUT2D eigenvalue weighted by Gasteiger charge is 2.12. The molecule has 5 heteroatoms. The van der Waals surface area contributed by atoms with Crippen molar-refractivity contribution < 1.29 is 4.79 Å². The molecule has 0 amide bonds. The van der Waals surface area contributed by atoms with Gasteiger partial charge in [-0.05, 0) is 18.6 Å². The summed E-state index contributed by atoms with van der Waals surface area (Å²) >= 11 is 4.39. The third-order valence-electron chi connectivity index (χ3n) is 2.39. The molecular weight excluding hydrogens is 234 g/mol. The molecule has 0 aliphatic rings. The quantitative estimate of drug-likeness (QED) is 0.667. The van der Waals surface area contributed by atoms with Crippen molar-refractivity contribution in [1.82, 2.24) is 9.97 Å². The summed E-state index contributed by atoms with van der Waals surface area (Å²) in [5.74, 6) is 0.479. The van der Waals surface area contributed by atoms with E-state index in [0.29, 0.717) is 11.4 Å². The van der Waals surface area contributed by atoms with Gasteiger partial charge in [0.05, 0.1) is 11.3 Å². The normalized spacial score (nSPS) is 10.0. The fraction of sp³-hybridized carbons (Fsp3) is 0.0833. The minimum atomic E-state index is 0.408. The van der Waals surface area contributed by atoms with Crippen molar-refractivity contribution in [3.8, 4) is 0 Å². The van der Waals surface area contributed by atoms with Crippen LogP contribution in [0.3, 0.4) is 0 Å². The van der Waals surface area contributed by atoms with Crippen LogP contribution < -0.4 is 4.31 Å². The monoisotopic (exact) mass is 245 g/mol. The smallest absolute Gasteiger partial charge is 0.156 e. The molecule has 0 N–H and O–H groups in total. The van der Waals surface area contributed by atoms with E-state index in [1.54, 1.807) is 4.31 Å². The van der Waals surface area contributed by atoms with Gasteiger partial charge >= 0.3 is 0 Å². The van der Waals surface area contributed by atoms with Crippen molar-refractivity contribution in [2.75, 3.05) is 4.31 Å². The molecule has 86 valence electrons. The topological polar surface area (TPSA) is 46.1 Å². The fourth-order valence-corrected chi connectivity index (χ4v) is 1.90. The standard InChI is InChI=1S/C12H11N3OS/c1-9-4-2-3-5-11(9)15(17)12-10(7-16)6-13-8-14-12/h2-8,17H,1H3. The summed E-state index contributed by atoms with van der Waals surface area (Å²) in [6.45, 7) is 1.97. The summed E-state index contributed by atoms with van der Waals surface area (Å²) in [6, 6.07) is 7.74. The molecule has 0 bridgehead atoms. The maximum Gasteiger partial charge on any atom is 0.156 e. The van der Waals surface area contributed by atoms with Crippen LogP contribution in [-0.2, 0) is 0 Å². The molecule has 2 rings (SSSR count). The molecule has 0 atom stereocenters. The molecule has 0 spiro atoms. The number of aromatic nitrogens is 2. The largest absolute Gasteiger partial charge is 0.298 e. The zero-order chi connectivity index (χ0) is 12.3. The molecule has 1 aromatic heterocycles. The minimum Gasteiger partial charge on any atom is -0.298 e. The third kappa shape index (κ3) is 2.29. The van der Waals surface area contributed by atoms with E-state index >= 15 is 0 Å². The fourth-order valence-electron chi connectivity index (χ4n) is 1.51. The van der Waals surface area contributed by atoms with E-state index in [4.69, 9.17) is 0 Å². The van der Waals surface area contributed by atoms with Crippen LogP contribution in [0, 0.1) is 6.92 Å². The van der Waals surface area contributed by atoms with Gasteiger partial charge in [0.1, 0.15) is 6.33 Å². The van der Waals surface area contributed by atoms with Crippen molar-refractivity contribution in [2.45, 2.75) is 6.92 Å². The van der Waals surface area contributed by atoms with Gasteiger partial charge in [-0.1, -0.05) is 31.0 Å². The first-order chi connectivity index (χ1) is 8.24. The van der Waals surface area contributed by atoms with Crippen LogP contribution in [0.1, 0.15) is 15.9 Å². The van der Waals surface area contributed by atoms with Crippen molar-refractivity contribution >= 4 is 30.6 Å². The van der Waals surface area contributed by atoms with Crippen molar-refractivity contribution in [3.63, 3.8) is 0 Å². The number of aryl methyl sites for hydroxylation is 1. The summed E-state index contributed by atoms with van der Waals surface area (Å²) in [4.78, 5) is 18.8. The summed E-state index contributed by atoms with van der Waals surface area (Å²) in [5.41, 5.74) is 2.35. The van der Waals surface area contributed by atoms with Crippen LogP contribution in [0.4, 0.5) is 11.5 Å². The zero-order valence-electron chi connectivity index (χ0n) is 9.24. The van der Waals surface area contributed by atoms with Crippen LogP contribution in [-0.4, -0.2) is 16.3 Å². The van der Waals surface area contributed by atoms with Crippen molar-refractivity contribution in [3.05, 3.63) is 47.9 Å². The van der Waals surface area contributed by atoms with Gasteiger partial charge in [0, 0.05) is 6.20 Å². The molecule has 1 heterocycles. The molecule has 0 aliphatic heterocycles. The van der Waals surface area contributed by atoms with Crippen LogP contribution in [0.15, 0.2) is 36.8 Å². The number of carbonyl (C=O) groups is 1. The summed E-state index contributed by atoms with van der Waals surface area (Å²) in [6.07, 6.45) is 3.58. The van der Waals surface area contributed by atoms with Crippen LogP contribution >= 0.6 is 12.8 Å². The second-order valence-electron chi connectivity index (χ2n) is 3.52. The highest BCUT2D eigenvalue weighted by atomic mass is 32.1. The van der Waals surface area contributed by atoms with Gasteiger partial charge < -0.3 is 0 Å². The summed E-state index contributed by atoms with van der Waals surface area (Å²) < 4.78 is 1.58. The number of hydrogen-bond donors (Lipinski definition) is 1. The second-order valence-corrected chi connectivity index (χ2v) is 3.92. The van der Waals surface area contributed by atoms with Gasteiger partial charge in [-0.15, -0.1) is 0 Å². The van der Waals surface area contributed by atoms with Gasteiger partial charge in [-0.3, -0.25) is 9.10 Å². The van der Waals surface area contributed by atoms with E-state index in [2.05, 4.69) is 22.8 Å². The van der Waals surface area contributed by atoms with Crippen molar-refractivity contribution in [1.29, 1.82) is 0 Å². The Bertz CT molecular complexity index is 545. The van der Waals surface area contributed by atoms with Gasteiger partial charge in [0.15, 0.2) is 12.1 Å². The van der Waals surface area contributed by atoms with Gasteiger partial charge in [0.2, 0.25) is 0 Å². The third-order valence-corrected chi connectivity index (χ3v) is 2.79. The molecule has 17 heavy (non-hydrogen) atoms. The predicted molar refractivity (Wildman–Crippen MR) is 69.7 cm³/mol. The average molecular weight is 245 g/mol. The SMILES string of the molecule is Cc1ccccc1N(S)c1ncncc1C=O. The molecule has 0 fully saturated rings. The lowest BCUT2D eigenvalue weighted by molar-refractivity contribution is 0.112. The van der Waals surface area contributed by atoms with Gasteiger partial charge in [0.25, 0.3) is 0 Å². The Hall–Kier alpha value is -1.88. The Labute approximate surface area is 105 Å². The van der Waals surface area contributed by atoms with E-state index in [1.807, 2.05) is 31.2 Å². The maximum atomic E-state index is 10.9.